The van der Waals surface area contributed by atoms with Gasteiger partial charge in [0.15, 0.2) is 11.8 Å². The molecule has 1 fully saturated rings. The van der Waals surface area contributed by atoms with E-state index in [2.05, 4.69) is 5.32 Å². The highest BCUT2D eigenvalue weighted by molar-refractivity contribution is 6.15. The first-order chi connectivity index (χ1) is 5.95. The highest BCUT2D eigenvalue weighted by atomic mass is 16.2. The number of nitrogens with zero attached hydrogens (tertiary/aromatic N) is 1. The third kappa shape index (κ3) is 1.54. The summed E-state index contributed by atoms with van der Waals surface area (Å²) in [5.74, 6) is -0.954. The Morgan fingerprint density at radius 3 is 2.31 bits per heavy atom. The molecule has 0 spiro atoms. The fourth-order valence-electron chi connectivity index (χ4n) is 1.28. The number of rotatable bonds is 1. The topological polar surface area (TPSA) is 66.5 Å². The van der Waals surface area contributed by atoms with Crippen LogP contribution in [0.2, 0.25) is 0 Å². The summed E-state index contributed by atoms with van der Waals surface area (Å²) in [7, 11) is 1.55. The summed E-state index contributed by atoms with van der Waals surface area (Å²) < 4.78 is 0. The molecule has 0 aromatic rings. The SMILES string of the molecule is CC(=O)NC1C(=O)C(C)N(C)C1=O. The molecule has 2 amide bonds. The number of Topliss-reactive ketones (excluding diaryl/α,β-unsaturated/α-hetero) is 1. The zero-order chi connectivity index (χ0) is 10.2. The first kappa shape index (κ1) is 9.70. The number of hydrogen-bond donors (Lipinski definition) is 1. The van der Waals surface area contributed by atoms with Gasteiger partial charge in [0, 0.05) is 14.0 Å². The number of carbonyl (C=O) groups excluding carboxylic acids is 3. The summed E-state index contributed by atoms with van der Waals surface area (Å²) in [6.45, 7) is 2.92. The summed E-state index contributed by atoms with van der Waals surface area (Å²) in [6.07, 6.45) is 0. The monoisotopic (exact) mass is 184 g/mol. The number of amides is 2. The van der Waals surface area contributed by atoms with Gasteiger partial charge in [-0.15, -0.1) is 0 Å². The zero-order valence-corrected chi connectivity index (χ0v) is 7.83. The van der Waals surface area contributed by atoms with Crippen molar-refractivity contribution >= 4 is 17.6 Å². The second-order valence-electron chi connectivity index (χ2n) is 3.16. The van der Waals surface area contributed by atoms with Crippen LogP contribution in [0.3, 0.4) is 0 Å². The molecule has 1 aliphatic heterocycles. The fourth-order valence-corrected chi connectivity index (χ4v) is 1.28. The highest BCUT2D eigenvalue weighted by Gasteiger charge is 2.43. The molecule has 1 heterocycles. The molecular weight excluding hydrogens is 172 g/mol. The Hall–Kier alpha value is -1.39. The van der Waals surface area contributed by atoms with Gasteiger partial charge in [0.1, 0.15) is 0 Å². The largest absolute Gasteiger partial charge is 0.338 e. The highest BCUT2D eigenvalue weighted by Crippen LogP contribution is 2.12. The molecule has 1 N–H and O–H groups in total. The minimum atomic E-state index is -0.975. The van der Waals surface area contributed by atoms with Crippen molar-refractivity contribution in [3.8, 4) is 0 Å². The molecule has 5 nitrogen and oxygen atoms in total. The van der Waals surface area contributed by atoms with E-state index in [-0.39, 0.29) is 17.6 Å². The lowest BCUT2D eigenvalue weighted by Gasteiger charge is -2.11. The summed E-state index contributed by atoms with van der Waals surface area (Å²) >= 11 is 0. The van der Waals surface area contributed by atoms with Crippen molar-refractivity contribution in [2.24, 2.45) is 0 Å². The van der Waals surface area contributed by atoms with Gasteiger partial charge < -0.3 is 10.2 Å². The van der Waals surface area contributed by atoms with Gasteiger partial charge in [0.25, 0.3) is 5.91 Å². The molecule has 0 saturated carbocycles. The Kier molecular flexibility index (Phi) is 2.36. The van der Waals surface area contributed by atoms with Gasteiger partial charge in [-0.25, -0.2) is 0 Å². The van der Waals surface area contributed by atoms with Crippen LogP contribution in [0.4, 0.5) is 0 Å². The maximum absolute atomic E-state index is 11.4. The lowest BCUT2D eigenvalue weighted by Crippen LogP contribution is -2.42. The number of likely N-dealkylation sites (N-methyl/N-ethyl adjacent to an activating group) is 1. The second kappa shape index (κ2) is 3.16. The van der Waals surface area contributed by atoms with E-state index in [9.17, 15) is 14.4 Å². The molecule has 1 aliphatic rings. The molecule has 0 aliphatic carbocycles. The maximum atomic E-state index is 11.4. The number of carbonyl (C=O) groups is 3. The first-order valence-corrected chi connectivity index (χ1v) is 4.02. The van der Waals surface area contributed by atoms with Gasteiger partial charge in [-0.3, -0.25) is 14.4 Å². The predicted molar refractivity (Wildman–Crippen MR) is 44.8 cm³/mol. The average molecular weight is 184 g/mol. The Balaban J connectivity index is 2.81. The summed E-state index contributed by atoms with van der Waals surface area (Å²) in [5, 5.41) is 2.32. The number of ketones is 1. The minimum Gasteiger partial charge on any atom is -0.338 e. The third-order valence-corrected chi connectivity index (χ3v) is 2.22. The van der Waals surface area contributed by atoms with Crippen LogP contribution in [-0.2, 0) is 14.4 Å². The molecule has 0 aromatic carbocycles. The van der Waals surface area contributed by atoms with Crippen molar-refractivity contribution < 1.29 is 14.4 Å². The molecule has 1 rings (SSSR count). The molecule has 2 atom stereocenters. The van der Waals surface area contributed by atoms with E-state index in [1.54, 1.807) is 14.0 Å². The molecular formula is C8H12N2O3. The van der Waals surface area contributed by atoms with Gasteiger partial charge in [-0.05, 0) is 6.92 Å². The van der Waals surface area contributed by atoms with E-state index in [1.165, 1.54) is 11.8 Å². The van der Waals surface area contributed by atoms with E-state index >= 15 is 0 Å². The Bertz CT molecular complexity index is 255. The molecule has 0 bridgehead atoms. The normalized spacial score (nSPS) is 28.1. The molecule has 0 radical (unpaired) electrons. The lowest BCUT2D eigenvalue weighted by molar-refractivity contribution is -0.133. The molecule has 2 unspecified atom stereocenters. The minimum absolute atomic E-state index is 0.247. The standard InChI is InChI=1S/C8H12N2O3/c1-4-7(12)6(9-5(2)11)8(13)10(4)3/h4,6H,1-3H3,(H,9,11). The Labute approximate surface area is 76.1 Å². The Morgan fingerprint density at radius 2 is 2.00 bits per heavy atom. The van der Waals surface area contributed by atoms with Gasteiger partial charge in [-0.2, -0.15) is 0 Å². The third-order valence-electron chi connectivity index (χ3n) is 2.22. The summed E-state index contributed by atoms with van der Waals surface area (Å²) in [6, 6.07) is -1.41. The zero-order valence-electron chi connectivity index (χ0n) is 7.83. The van der Waals surface area contributed by atoms with E-state index in [0.717, 1.165) is 0 Å². The van der Waals surface area contributed by atoms with Gasteiger partial charge >= 0.3 is 0 Å². The van der Waals surface area contributed by atoms with Crippen molar-refractivity contribution in [3.63, 3.8) is 0 Å². The smallest absolute Gasteiger partial charge is 0.253 e. The fraction of sp³-hybridized carbons (Fsp3) is 0.625. The van der Waals surface area contributed by atoms with Crippen molar-refractivity contribution in [2.75, 3.05) is 7.05 Å². The van der Waals surface area contributed by atoms with E-state index in [4.69, 9.17) is 0 Å². The van der Waals surface area contributed by atoms with Crippen LogP contribution in [0, 0.1) is 0 Å². The van der Waals surface area contributed by atoms with Crippen LogP contribution in [0.1, 0.15) is 13.8 Å². The number of nitrogens with one attached hydrogen (secondary N) is 1. The number of hydrogen-bond acceptors (Lipinski definition) is 3. The van der Waals surface area contributed by atoms with Crippen molar-refractivity contribution in [1.29, 1.82) is 0 Å². The second-order valence-corrected chi connectivity index (χ2v) is 3.16. The predicted octanol–water partition coefficient (Wildman–Crippen LogP) is -1.08. The summed E-state index contributed by atoms with van der Waals surface area (Å²) in [5.41, 5.74) is 0. The molecule has 1 saturated heterocycles. The van der Waals surface area contributed by atoms with E-state index < -0.39 is 12.1 Å². The average Bonchev–Trinajstić information content (AvgIpc) is 2.22. The van der Waals surface area contributed by atoms with Crippen LogP contribution >= 0.6 is 0 Å². The quantitative estimate of drug-likeness (QED) is 0.527. The van der Waals surface area contributed by atoms with Crippen LogP contribution in [-0.4, -0.2) is 41.6 Å². The summed E-state index contributed by atoms with van der Waals surface area (Å²) in [4.78, 5) is 34.7. The van der Waals surface area contributed by atoms with E-state index in [0.29, 0.717) is 0 Å². The van der Waals surface area contributed by atoms with Crippen LogP contribution in [0.5, 0.6) is 0 Å². The first-order valence-electron chi connectivity index (χ1n) is 4.02. The van der Waals surface area contributed by atoms with Gasteiger partial charge in [0.2, 0.25) is 5.91 Å². The van der Waals surface area contributed by atoms with Gasteiger partial charge in [0.05, 0.1) is 6.04 Å². The van der Waals surface area contributed by atoms with Crippen LogP contribution in [0.25, 0.3) is 0 Å². The van der Waals surface area contributed by atoms with Crippen LogP contribution < -0.4 is 5.32 Å². The van der Waals surface area contributed by atoms with Crippen molar-refractivity contribution in [3.05, 3.63) is 0 Å². The van der Waals surface area contributed by atoms with Crippen LogP contribution in [0.15, 0.2) is 0 Å². The molecule has 72 valence electrons. The number of likely N-dealkylation sites (tertiary alicyclic amines) is 1. The molecule has 5 heteroatoms. The Morgan fingerprint density at radius 1 is 1.46 bits per heavy atom. The lowest BCUT2D eigenvalue weighted by atomic mass is 10.1. The van der Waals surface area contributed by atoms with Crippen molar-refractivity contribution in [1.82, 2.24) is 10.2 Å². The molecule has 13 heavy (non-hydrogen) atoms. The maximum Gasteiger partial charge on any atom is 0.253 e. The van der Waals surface area contributed by atoms with Crippen molar-refractivity contribution in [2.45, 2.75) is 25.9 Å². The van der Waals surface area contributed by atoms with E-state index in [1.807, 2.05) is 0 Å². The van der Waals surface area contributed by atoms with Gasteiger partial charge in [-0.1, -0.05) is 0 Å². The molecule has 0 aromatic heterocycles.